The molecule has 66 valence electrons. The van der Waals surface area contributed by atoms with Crippen LogP contribution in [0.1, 0.15) is 13.3 Å². The lowest BCUT2D eigenvalue weighted by atomic mass is 10.4. The van der Waals surface area contributed by atoms with Gasteiger partial charge in [-0.05, 0) is 13.1 Å². The van der Waals surface area contributed by atoms with Gasteiger partial charge in [0.1, 0.15) is 7.14 Å². The normalized spacial score (nSPS) is 15.5. The van der Waals surface area contributed by atoms with Gasteiger partial charge >= 0.3 is 0 Å². The van der Waals surface area contributed by atoms with Gasteiger partial charge in [-0.15, -0.1) is 0 Å². The van der Waals surface area contributed by atoms with E-state index in [1.165, 1.54) is 0 Å². The van der Waals surface area contributed by atoms with E-state index < -0.39 is 7.14 Å². The van der Waals surface area contributed by atoms with Crippen LogP contribution in [0.4, 0.5) is 0 Å². The lowest BCUT2D eigenvalue weighted by Crippen LogP contribution is -2.05. The summed E-state index contributed by atoms with van der Waals surface area (Å²) >= 11 is 0. The fourth-order valence-corrected chi connectivity index (χ4v) is 3.21. The Morgan fingerprint density at radius 2 is 1.83 bits per heavy atom. The van der Waals surface area contributed by atoms with Crippen molar-refractivity contribution in [2.75, 3.05) is 12.8 Å². The number of hydrogen-bond donors (Lipinski definition) is 0. The van der Waals surface area contributed by atoms with Crippen LogP contribution in [0.25, 0.3) is 0 Å². The second-order valence-corrected chi connectivity index (χ2v) is 6.33. The second-order valence-electron chi connectivity index (χ2n) is 3.16. The van der Waals surface area contributed by atoms with Crippen molar-refractivity contribution in [1.82, 2.24) is 0 Å². The topological polar surface area (TPSA) is 17.1 Å². The molecule has 1 aromatic rings. The van der Waals surface area contributed by atoms with E-state index in [0.29, 0.717) is 0 Å². The van der Waals surface area contributed by atoms with Crippen LogP contribution in [0.5, 0.6) is 0 Å². The maximum Gasteiger partial charge on any atom is 0.112 e. The molecule has 0 saturated carbocycles. The molecule has 0 bridgehead atoms. The Kier molecular flexibility index (Phi) is 3.11. The van der Waals surface area contributed by atoms with Crippen LogP contribution in [0.3, 0.4) is 0 Å². The van der Waals surface area contributed by atoms with Gasteiger partial charge in [0.15, 0.2) is 0 Å². The third kappa shape index (κ3) is 2.22. The van der Waals surface area contributed by atoms with E-state index in [1.807, 2.05) is 37.0 Å². The summed E-state index contributed by atoms with van der Waals surface area (Å²) in [5, 5.41) is 1.01. The standard InChI is InChI=1S/C10H15OP/c1-3-9-12(2,11)10-7-5-4-6-8-10/h4-8H,3,9H2,1-2H3. The fraction of sp³-hybridized carbons (Fsp3) is 0.400. The van der Waals surface area contributed by atoms with E-state index in [1.54, 1.807) is 0 Å². The first-order valence-corrected chi connectivity index (χ1v) is 6.63. The summed E-state index contributed by atoms with van der Waals surface area (Å²) in [6.45, 7) is 3.94. The van der Waals surface area contributed by atoms with E-state index in [-0.39, 0.29) is 0 Å². The third-order valence-corrected chi connectivity index (χ3v) is 4.64. The fourth-order valence-electron chi connectivity index (χ4n) is 1.30. The van der Waals surface area contributed by atoms with Crippen LogP contribution in [0, 0.1) is 0 Å². The number of rotatable bonds is 3. The molecule has 0 saturated heterocycles. The van der Waals surface area contributed by atoms with Gasteiger partial charge < -0.3 is 4.57 Å². The molecule has 0 amide bonds. The zero-order valence-electron chi connectivity index (χ0n) is 7.66. The summed E-state index contributed by atoms with van der Waals surface area (Å²) in [5.41, 5.74) is 0. The molecule has 1 rings (SSSR count). The molecule has 1 nitrogen and oxygen atoms in total. The predicted octanol–water partition coefficient (Wildman–Crippen LogP) is 2.71. The van der Waals surface area contributed by atoms with Gasteiger partial charge in [-0.25, -0.2) is 0 Å². The van der Waals surface area contributed by atoms with Crippen molar-refractivity contribution < 1.29 is 4.57 Å². The summed E-state index contributed by atoms with van der Waals surface area (Å²) in [6.07, 6.45) is 1.81. The molecule has 0 aromatic heterocycles. The van der Waals surface area contributed by atoms with Gasteiger partial charge in [0.25, 0.3) is 0 Å². The zero-order valence-corrected chi connectivity index (χ0v) is 8.55. The highest BCUT2D eigenvalue weighted by atomic mass is 31.2. The van der Waals surface area contributed by atoms with Crippen molar-refractivity contribution in [2.24, 2.45) is 0 Å². The average molecular weight is 182 g/mol. The molecule has 0 spiro atoms. The van der Waals surface area contributed by atoms with Gasteiger partial charge in [-0.2, -0.15) is 0 Å². The Morgan fingerprint density at radius 3 is 2.33 bits per heavy atom. The molecule has 12 heavy (non-hydrogen) atoms. The lowest BCUT2D eigenvalue weighted by molar-refractivity contribution is 0.584. The molecule has 2 heteroatoms. The third-order valence-electron chi connectivity index (χ3n) is 1.95. The molecule has 0 fully saturated rings. The molecule has 0 aliphatic heterocycles. The molecule has 0 aliphatic carbocycles. The van der Waals surface area contributed by atoms with Gasteiger partial charge in [0.05, 0.1) is 0 Å². The van der Waals surface area contributed by atoms with Gasteiger partial charge in [0, 0.05) is 11.5 Å². The van der Waals surface area contributed by atoms with Crippen molar-refractivity contribution in [2.45, 2.75) is 13.3 Å². The summed E-state index contributed by atoms with van der Waals surface area (Å²) in [6, 6.07) is 9.75. The average Bonchev–Trinajstić information content (AvgIpc) is 2.06. The molecule has 1 unspecified atom stereocenters. The molecule has 0 radical (unpaired) electrons. The van der Waals surface area contributed by atoms with E-state index in [0.717, 1.165) is 17.9 Å². The summed E-state index contributed by atoms with van der Waals surface area (Å²) in [4.78, 5) is 0. The van der Waals surface area contributed by atoms with Crippen LogP contribution < -0.4 is 5.30 Å². The van der Waals surface area contributed by atoms with E-state index in [4.69, 9.17) is 0 Å². The van der Waals surface area contributed by atoms with Crippen molar-refractivity contribution in [3.05, 3.63) is 30.3 Å². The van der Waals surface area contributed by atoms with Crippen LogP contribution in [-0.2, 0) is 4.57 Å². The first-order valence-electron chi connectivity index (χ1n) is 4.29. The monoisotopic (exact) mass is 182 g/mol. The molecule has 0 aliphatic rings. The predicted molar refractivity (Wildman–Crippen MR) is 54.8 cm³/mol. The molecule has 1 atom stereocenters. The van der Waals surface area contributed by atoms with Crippen LogP contribution >= 0.6 is 7.14 Å². The largest absolute Gasteiger partial charge is 0.319 e. The first-order chi connectivity index (χ1) is 5.67. The van der Waals surface area contributed by atoms with Crippen molar-refractivity contribution >= 4 is 12.4 Å². The molecule has 0 N–H and O–H groups in total. The summed E-state index contributed by atoms with van der Waals surface area (Å²) < 4.78 is 12.0. The van der Waals surface area contributed by atoms with Gasteiger partial charge in [0.2, 0.25) is 0 Å². The van der Waals surface area contributed by atoms with Crippen LogP contribution in [-0.4, -0.2) is 12.8 Å². The minimum atomic E-state index is -2.04. The maximum absolute atomic E-state index is 12.0. The summed E-state index contributed by atoms with van der Waals surface area (Å²) in [7, 11) is -2.04. The van der Waals surface area contributed by atoms with E-state index in [2.05, 4.69) is 6.92 Å². The SMILES string of the molecule is CCCP(C)(=O)c1ccccc1. The van der Waals surface area contributed by atoms with Crippen LogP contribution in [0.2, 0.25) is 0 Å². The smallest absolute Gasteiger partial charge is 0.112 e. The highest BCUT2D eigenvalue weighted by molar-refractivity contribution is 7.70. The highest BCUT2D eigenvalue weighted by Crippen LogP contribution is 2.39. The Balaban J connectivity index is 2.90. The van der Waals surface area contributed by atoms with Crippen molar-refractivity contribution in [3.63, 3.8) is 0 Å². The van der Waals surface area contributed by atoms with Crippen LogP contribution in [0.15, 0.2) is 30.3 Å². The quantitative estimate of drug-likeness (QED) is 0.657. The Hall–Kier alpha value is -0.550. The first kappa shape index (κ1) is 9.54. The second kappa shape index (κ2) is 3.91. The zero-order chi connectivity index (χ0) is 9.03. The molecule has 0 heterocycles. The Labute approximate surface area is 74.2 Å². The molecule has 1 aromatic carbocycles. The Bertz CT molecular complexity index is 279. The van der Waals surface area contributed by atoms with Crippen molar-refractivity contribution in [1.29, 1.82) is 0 Å². The minimum Gasteiger partial charge on any atom is -0.319 e. The molecular formula is C10H15OP. The van der Waals surface area contributed by atoms with E-state index in [9.17, 15) is 4.57 Å². The minimum absolute atomic E-state index is 0.816. The highest BCUT2D eigenvalue weighted by Gasteiger charge is 2.15. The van der Waals surface area contributed by atoms with E-state index >= 15 is 0 Å². The lowest BCUT2D eigenvalue weighted by Gasteiger charge is -2.11. The van der Waals surface area contributed by atoms with Crippen molar-refractivity contribution in [3.8, 4) is 0 Å². The van der Waals surface area contributed by atoms with Gasteiger partial charge in [-0.3, -0.25) is 0 Å². The summed E-state index contributed by atoms with van der Waals surface area (Å²) in [5.74, 6) is 0. The van der Waals surface area contributed by atoms with Gasteiger partial charge in [-0.1, -0.05) is 37.3 Å². The maximum atomic E-state index is 12.0. The number of hydrogen-bond acceptors (Lipinski definition) is 1. The Morgan fingerprint density at radius 1 is 1.25 bits per heavy atom. The molecular weight excluding hydrogens is 167 g/mol. The number of benzene rings is 1.